The van der Waals surface area contributed by atoms with Crippen LogP contribution in [0.25, 0.3) is 0 Å². The average Bonchev–Trinajstić information content (AvgIpc) is 1.96. The summed E-state index contributed by atoms with van der Waals surface area (Å²) in [6.07, 6.45) is 0. The van der Waals surface area contributed by atoms with Gasteiger partial charge in [-0.15, -0.1) is 12.6 Å². The summed E-state index contributed by atoms with van der Waals surface area (Å²) in [6.45, 7) is 4.15. The third-order valence-corrected chi connectivity index (χ3v) is 2.31. The van der Waals surface area contributed by atoms with E-state index in [2.05, 4.69) is 43.9 Å². The Morgan fingerprint density at radius 3 is 2.45 bits per heavy atom. The highest BCUT2D eigenvalue weighted by molar-refractivity contribution is 7.80. The summed E-state index contributed by atoms with van der Waals surface area (Å²) in [5, 5.41) is 3.10. The molecular weight excluding hydrogens is 154 g/mol. The van der Waals surface area contributed by atoms with Crippen LogP contribution in [0.1, 0.15) is 11.1 Å². The van der Waals surface area contributed by atoms with Gasteiger partial charge in [0, 0.05) is 17.6 Å². The van der Waals surface area contributed by atoms with Crippen molar-refractivity contribution >= 4 is 18.3 Å². The maximum Gasteiger partial charge on any atom is 0.0478 e. The molecule has 0 heterocycles. The molecule has 60 valence electrons. The number of benzene rings is 1. The minimum absolute atomic E-state index is 1.04. The third kappa shape index (κ3) is 1.69. The molecule has 2 heteroatoms. The Balaban J connectivity index is 3.24. The van der Waals surface area contributed by atoms with Gasteiger partial charge in [-0.3, -0.25) is 0 Å². The van der Waals surface area contributed by atoms with Crippen LogP contribution in [0.15, 0.2) is 17.0 Å². The van der Waals surface area contributed by atoms with Crippen molar-refractivity contribution in [3.05, 3.63) is 23.3 Å². The molecule has 0 aliphatic rings. The maximum atomic E-state index is 4.38. The average molecular weight is 167 g/mol. The standard InChI is InChI=1S/C9H13NS/c1-6-4-7(2)9(11)8(5-6)10-3/h4-5,10-11H,1-3H3. The highest BCUT2D eigenvalue weighted by Crippen LogP contribution is 2.24. The molecule has 0 amide bonds. The molecule has 1 nitrogen and oxygen atoms in total. The van der Waals surface area contributed by atoms with E-state index in [1.807, 2.05) is 7.05 Å². The zero-order chi connectivity index (χ0) is 8.43. The number of hydrogen-bond donors (Lipinski definition) is 2. The van der Waals surface area contributed by atoms with Crippen LogP contribution in [0.4, 0.5) is 5.69 Å². The molecule has 0 fully saturated rings. The number of nitrogens with one attached hydrogen (secondary N) is 1. The summed E-state index contributed by atoms with van der Waals surface area (Å²) in [5.74, 6) is 0. The lowest BCUT2D eigenvalue weighted by atomic mass is 10.1. The Morgan fingerprint density at radius 1 is 1.27 bits per heavy atom. The molecule has 0 bridgehead atoms. The van der Waals surface area contributed by atoms with Crippen LogP contribution < -0.4 is 5.32 Å². The van der Waals surface area contributed by atoms with Crippen molar-refractivity contribution < 1.29 is 0 Å². The molecule has 0 atom stereocenters. The Bertz CT molecular complexity index is 269. The second-order valence-electron chi connectivity index (χ2n) is 2.73. The molecule has 0 saturated heterocycles. The van der Waals surface area contributed by atoms with E-state index >= 15 is 0 Å². The van der Waals surface area contributed by atoms with E-state index in [-0.39, 0.29) is 0 Å². The van der Waals surface area contributed by atoms with Gasteiger partial charge in [-0.2, -0.15) is 0 Å². The predicted molar refractivity (Wildman–Crippen MR) is 52.7 cm³/mol. The molecule has 1 aromatic carbocycles. The Kier molecular flexibility index (Phi) is 2.45. The third-order valence-electron chi connectivity index (χ3n) is 1.71. The summed E-state index contributed by atoms with van der Waals surface area (Å²) in [7, 11) is 1.91. The molecule has 0 aliphatic heterocycles. The van der Waals surface area contributed by atoms with Crippen molar-refractivity contribution in [2.75, 3.05) is 12.4 Å². The second kappa shape index (κ2) is 3.18. The zero-order valence-electron chi connectivity index (χ0n) is 7.10. The van der Waals surface area contributed by atoms with Gasteiger partial charge in [0.1, 0.15) is 0 Å². The molecule has 0 unspecified atom stereocenters. The van der Waals surface area contributed by atoms with Crippen LogP contribution >= 0.6 is 12.6 Å². The summed E-state index contributed by atoms with van der Waals surface area (Å²) in [5.41, 5.74) is 3.59. The summed E-state index contributed by atoms with van der Waals surface area (Å²) in [4.78, 5) is 1.04. The van der Waals surface area contributed by atoms with Crippen LogP contribution in [0.3, 0.4) is 0 Å². The molecular formula is C9H13NS. The first-order valence-electron chi connectivity index (χ1n) is 3.63. The quantitative estimate of drug-likeness (QED) is 0.613. The summed E-state index contributed by atoms with van der Waals surface area (Å²) in [6, 6.07) is 4.22. The maximum absolute atomic E-state index is 4.38. The highest BCUT2D eigenvalue weighted by Gasteiger charge is 1.99. The number of aryl methyl sites for hydroxylation is 2. The van der Waals surface area contributed by atoms with E-state index in [9.17, 15) is 0 Å². The van der Waals surface area contributed by atoms with Gasteiger partial charge in [-0.1, -0.05) is 6.07 Å². The lowest BCUT2D eigenvalue weighted by Gasteiger charge is -2.08. The van der Waals surface area contributed by atoms with Crippen LogP contribution in [0.5, 0.6) is 0 Å². The fraction of sp³-hybridized carbons (Fsp3) is 0.333. The normalized spacial score (nSPS) is 9.82. The Morgan fingerprint density at radius 2 is 1.91 bits per heavy atom. The minimum atomic E-state index is 1.04. The van der Waals surface area contributed by atoms with Gasteiger partial charge in [0.2, 0.25) is 0 Å². The van der Waals surface area contributed by atoms with E-state index in [1.165, 1.54) is 11.1 Å². The van der Waals surface area contributed by atoms with Crippen LogP contribution in [-0.2, 0) is 0 Å². The monoisotopic (exact) mass is 167 g/mol. The van der Waals surface area contributed by atoms with Gasteiger partial charge in [0.15, 0.2) is 0 Å². The van der Waals surface area contributed by atoms with Crippen molar-refractivity contribution in [1.82, 2.24) is 0 Å². The lowest BCUT2D eigenvalue weighted by molar-refractivity contribution is 1.25. The molecule has 0 aliphatic carbocycles. The Hall–Kier alpha value is -0.630. The zero-order valence-corrected chi connectivity index (χ0v) is 8.00. The summed E-state index contributed by atoms with van der Waals surface area (Å²) >= 11 is 4.38. The van der Waals surface area contributed by atoms with Gasteiger partial charge in [-0.05, 0) is 31.0 Å². The number of thiol groups is 1. The van der Waals surface area contributed by atoms with Crippen molar-refractivity contribution in [1.29, 1.82) is 0 Å². The molecule has 0 radical (unpaired) electrons. The van der Waals surface area contributed by atoms with Crippen molar-refractivity contribution in [2.45, 2.75) is 18.7 Å². The van der Waals surface area contributed by atoms with Gasteiger partial charge >= 0.3 is 0 Å². The van der Waals surface area contributed by atoms with Crippen molar-refractivity contribution in [2.24, 2.45) is 0 Å². The van der Waals surface area contributed by atoms with Gasteiger partial charge in [-0.25, -0.2) is 0 Å². The summed E-state index contributed by atoms with van der Waals surface area (Å²) < 4.78 is 0. The minimum Gasteiger partial charge on any atom is -0.387 e. The highest BCUT2D eigenvalue weighted by atomic mass is 32.1. The molecule has 1 rings (SSSR count). The first kappa shape index (κ1) is 8.47. The van der Waals surface area contributed by atoms with Crippen molar-refractivity contribution in [3.63, 3.8) is 0 Å². The van der Waals surface area contributed by atoms with Crippen LogP contribution in [0.2, 0.25) is 0 Å². The fourth-order valence-electron chi connectivity index (χ4n) is 1.15. The van der Waals surface area contributed by atoms with E-state index in [0.29, 0.717) is 0 Å². The lowest BCUT2D eigenvalue weighted by Crippen LogP contribution is -1.92. The number of rotatable bonds is 1. The predicted octanol–water partition coefficient (Wildman–Crippen LogP) is 2.63. The fourth-order valence-corrected chi connectivity index (χ4v) is 1.39. The van der Waals surface area contributed by atoms with E-state index < -0.39 is 0 Å². The van der Waals surface area contributed by atoms with Crippen LogP contribution in [-0.4, -0.2) is 7.05 Å². The molecule has 0 aromatic heterocycles. The molecule has 0 spiro atoms. The van der Waals surface area contributed by atoms with Gasteiger partial charge < -0.3 is 5.32 Å². The first-order chi connectivity index (χ1) is 5.15. The molecule has 0 saturated carbocycles. The largest absolute Gasteiger partial charge is 0.387 e. The topological polar surface area (TPSA) is 12.0 Å². The molecule has 11 heavy (non-hydrogen) atoms. The van der Waals surface area contributed by atoms with Crippen LogP contribution in [0, 0.1) is 13.8 Å². The van der Waals surface area contributed by atoms with Gasteiger partial charge in [0.25, 0.3) is 0 Å². The Labute approximate surface area is 73.2 Å². The SMILES string of the molecule is CNc1cc(C)cc(C)c1S. The molecule has 1 aromatic rings. The molecule has 1 N–H and O–H groups in total. The van der Waals surface area contributed by atoms with E-state index in [4.69, 9.17) is 0 Å². The number of anilines is 1. The van der Waals surface area contributed by atoms with Crippen molar-refractivity contribution in [3.8, 4) is 0 Å². The van der Waals surface area contributed by atoms with Gasteiger partial charge in [0.05, 0.1) is 0 Å². The number of hydrogen-bond acceptors (Lipinski definition) is 2. The second-order valence-corrected chi connectivity index (χ2v) is 3.18. The van der Waals surface area contributed by atoms with E-state index in [0.717, 1.165) is 10.6 Å². The smallest absolute Gasteiger partial charge is 0.0478 e. The van der Waals surface area contributed by atoms with E-state index in [1.54, 1.807) is 0 Å². The first-order valence-corrected chi connectivity index (χ1v) is 4.08.